The van der Waals surface area contributed by atoms with Gasteiger partial charge in [0.1, 0.15) is 5.58 Å². The summed E-state index contributed by atoms with van der Waals surface area (Å²) in [5.74, 6) is 0. The van der Waals surface area contributed by atoms with E-state index in [1.807, 2.05) is 17.4 Å². The van der Waals surface area contributed by atoms with Gasteiger partial charge in [-0.3, -0.25) is 0 Å². The minimum Gasteiger partial charge on any atom is -0.454 e. The lowest BCUT2D eigenvalue weighted by Crippen LogP contribution is -2.10. The quantitative estimate of drug-likeness (QED) is 0.180. The molecule has 0 unspecified atom stereocenters. The van der Waals surface area contributed by atoms with Crippen molar-refractivity contribution in [2.75, 3.05) is 4.90 Å². The van der Waals surface area contributed by atoms with Crippen molar-refractivity contribution in [2.45, 2.75) is 0 Å². The molecule has 0 saturated heterocycles. The van der Waals surface area contributed by atoms with E-state index in [1.165, 1.54) is 58.8 Å². The average molecular weight is 683 g/mol. The lowest BCUT2D eigenvalue weighted by Gasteiger charge is -2.26. The molecule has 0 spiro atoms. The second kappa shape index (κ2) is 11.5. The van der Waals surface area contributed by atoms with Crippen molar-refractivity contribution in [3.63, 3.8) is 0 Å². The molecular weight excluding hydrogens is 653 g/mol. The summed E-state index contributed by atoms with van der Waals surface area (Å²) in [6.07, 6.45) is 0. The largest absolute Gasteiger partial charge is 0.454 e. The second-order valence-corrected chi connectivity index (χ2v) is 14.4. The Morgan fingerprint density at radius 3 is 1.98 bits per heavy atom. The Morgan fingerprint density at radius 1 is 0.423 bits per heavy atom. The molecule has 0 radical (unpaired) electrons. The summed E-state index contributed by atoms with van der Waals surface area (Å²) in [5, 5.41) is 7.32. The van der Waals surface area contributed by atoms with Gasteiger partial charge in [0.2, 0.25) is 0 Å². The molecule has 8 aromatic carbocycles. The number of rotatable bonds is 5. The SMILES string of the molecule is c1ccc(-n2c3ccccc3c3cc(-c4ccc(N(c5ccc6c(c5)sc5ccccc56)c5cccc6c5oc5ccccc56)cc4)ccc32)cc1. The van der Waals surface area contributed by atoms with Crippen molar-refractivity contribution in [3.05, 3.63) is 182 Å². The van der Waals surface area contributed by atoms with Gasteiger partial charge in [0.15, 0.2) is 5.58 Å². The first-order valence-corrected chi connectivity index (χ1v) is 18.4. The molecule has 0 N–H and O–H groups in total. The number of hydrogen-bond donors (Lipinski definition) is 0. The summed E-state index contributed by atoms with van der Waals surface area (Å²) in [6.45, 7) is 0. The molecule has 0 bridgehead atoms. The number of thiophene rings is 1. The molecule has 3 heterocycles. The standard InChI is InChI=1S/C48H30N2OS/c1-2-11-33(12-3-1)50-42-17-7-4-13-36(42)41-29-32(23-28-43(41)50)31-21-24-34(25-22-31)49(35-26-27-39-38-15-6-9-20-46(38)52-47(39)30-35)44-18-10-16-40-37-14-5-8-19-45(37)51-48(40)44/h1-30H. The zero-order valence-electron chi connectivity index (χ0n) is 28.0. The van der Waals surface area contributed by atoms with Crippen LogP contribution in [-0.4, -0.2) is 4.57 Å². The molecule has 4 heteroatoms. The van der Waals surface area contributed by atoms with E-state index in [9.17, 15) is 0 Å². The third-order valence-electron chi connectivity index (χ3n) is 10.4. The van der Waals surface area contributed by atoms with Crippen molar-refractivity contribution >= 4 is 92.3 Å². The maximum atomic E-state index is 6.60. The van der Waals surface area contributed by atoms with E-state index >= 15 is 0 Å². The van der Waals surface area contributed by atoms with Gasteiger partial charge < -0.3 is 13.9 Å². The van der Waals surface area contributed by atoms with Crippen LogP contribution in [-0.2, 0) is 0 Å². The van der Waals surface area contributed by atoms with Crippen LogP contribution in [0.3, 0.4) is 0 Å². The van der Waals surface area contributed by atoms with Crippen molar-refractivity contribution < 1.29 is 4.42 Å². The predicted octanol–water partition coefficient (Wildman–Crippen LogP) is 14.2. The Hall–Kier alpha value is -6.62. The molecule has 244 valence electrons. The Kier molecular flexibility index (Phi) is 6.42. The highest BCUT2D eigenvalue weighted by atomic mass is 32.1. The fourth-order valence-electron chi connectivity index (χ4n) is 8.00. The van der Waals surface area contributed by atoms with Gasteiger partial charge in [-0.2, -0.15) is 0 Å². The monoisotopic (exact) mass is 682 g/mol. The highest BCUT2D eigenvalue weighted by Gasteiger charge is 2.21. The number of fused-ring (bicyclic) bond motifs is 9. The smallest absolute Gasteiger partial charge is 0.159 e. The van der Waals surface area contributed by atoms with E-state index in [0.717, 1.165) is 39.0 Å². The van der Waals surface area contributed by atoms with Crippen LogP contribution in [0.2, 0.25) is 0 Å². The number of hydrogen-bond acceptors (Lipinski definition) is 3. The first-order valence-electron chi connectivity index (χ1n) is 17.6. The van der Waals surface area contributed by atoms with E-state index in [-0.39, 0.29) is 0 Å². The van der Waals surface area contributed by atoms with Crippen LogP contribution in [0.5, 0.6) is 0 Å². The van der Waals surface area contributed by atoms with E-state index in [2.05, 4.69) is 185 Å². The van der Waals surface area contributed by atoms with Gasteiger partial charge in [0, 0.05) is 58.8 Å². The Balaban J connectivity index is 1.07. The van der Waals surface area contributed by atoms with E-state index in [1.54, 1.807) is 0 Å². The van der Waals surface area contributed by atoms with Gasteiger partial charge in [-0.1, -0.05) is 109 Å². The molecule has 3 aromatic heterocycles. The molecular formula is C48H30N2OS. The molecule has 0 fully saturated rings. The molecule has 52 heavy (non-hydrogen) atoms. The van der Waals surface area contributed by atoms with Gasteiger partial charge >= 0.3 is 0 Å². The molecule has 11 aromatic rings. The number of aromatic nitrogens is 1. The number of furan rings is 1. The Morgan fingerprint density at radius 2 is 1.10 bits per heavy atom. The third kappa shape index (κ3) is 4.45. The minimum absolute atomic E-state index is 0.879. The summed E-state index contributed by atoms with van der Waals surface area (Å²) in [6, 6.07) is 65.4. The van der Waals surface area contributed by atoms with Gasteiger partial charge in [0.05, 0.1) is 16.7 Å². The van der Waals surface area contributed by atoms with Gasteiger partial charge in [-0.15, -0.1) is 11.3 Å². The second-order valence-electron chi connectivity index (χ2n) is 13.3. The molecule has 0 aliphatic rings. The highest BCUT2D eigenvalue weighted by Crippen LogP contribution is 2.45. The maximum Gasteiger partial charge on any atom is 0.159 e. The van der Waals surface area contributed by atoms with Gasteiger partial charge in [0.25, 0.3) is 0 Å². The number of anilines is 3. The van der Waals surface area contributed by atoms with Crippen LogP contribution in [0.25, 0.3) is 80.7 Å². The summed E-state index contributed by atoms with van der Waals surface area (Å²) in [4.78, 5) is 2.34. The van der Waals surface area contributed by atoms with Crippen LogP contribution in [0, 0.1) is 0 Å². The lowest BCUT2D eigenvalue weighted by atomic mass is 10.0. The Labute approximate surface area is 303 Å². The average Bonchev–Trinajstić information content (AvgIpc) is 3.88. The van der Waals surface area contributed by atoms with Crippen LogP contribution in [0.4, 0.5) is 17.1 Å². The van der Waals surface area contributed by atoms with E-state index in [4.69, 9.17) is 4.42 Å². The van der Waals surface area contributed by atoms with Crippen LogP contribution in [0.15, 0.2) is 186 Å². The molecule has 0 aliphatic heterocycles. The van der Waals surface area contributed by atoms with E-state index < -0.39 is 0 Å². The zero-order valence-corrected chi connectivity index (χ0v) is 28.8. The number of nitrogens with zero attached hydrogens (tertiary/aromatic N) is 2. The van der Waals surface area contributed by atoms with Crippen molar-refractivity contribution in [3.8, 4) is 16.8 Å². The first kappa shape index (κ1) is 29.1. The third-order valence-corrected chi connectivity index (χ3v) is 11.5. The van der Waals surface area contributed by atoms with Gasteiger partial charge in [-0.05, 0) is 83.9 Å². The molecule has 11 rings (SSSR count). The maximum absolute atomic E-state index is 6.60. The molecule has 0 atom stereocenters. The summed E-state index contributed by atoms with van der Waals surface area (Å²) >= 11 is 1.84. The topological polar surface area (TPSA) is 21.3 Å². The van der Waals surface area contributed by atoms with Crippen molar-refractivity contribution in [2.24, 2.45) is 0 Å². The van der Waals surface area contributed by atoms with Crippen LogP contribution < -0.4 is 4.90 Å². The summed E-state index contributed by atoms with van der Waals surface area (Å²) < 4.78 is 11.5. The fourth-order valence-corrected chi connectivity index (χ4v) is 9.14. The summed E-state index contributed by atoms with van der Waals surface area (Å²) in [7, 11) is 0. The van der Waals surface area contributed by atoms with Crippen molar-refractivity contribution in [1.29, 1.82) is 0 Å². The first-order chi connectivity index (χ1) is 25.8. The van der Waals surface area contributed by atoms with Crippen LogP contribution >= 0.6 is 11.3 Å². The summed E-state index contributed by atoms with van der Waals surface area (Å²) in [5.41, 5.74) is 10.9. The Bertz CT molecular complexity index is 3130. The normalized spacial score (nSPS) is 11.8. The number of para-hydroxylation sites is 4. The lowest BCUT2D eigenvalue weighted by molar-refractivity contribution is 0.669. The molecule has 0 amide bonds. The van der Waals surface area contributed by atoms with E-state index in [0.29, 0.717) is 0 Å². The van der Waals surface area contributed by atoms with Crippen LogP contribution in [0.1, 0.15) is 0 Å². The highest BCUT2D eigenvalue weighted by molar-refractivity contribution is 7.25. The van der Waals surface area contributed by atoms with Crippen molar-refractivity contribution in [1.82, 2.24) is 4.57 Å². The fraction of sp³-hybridized carbons (Fsp3) is 0. The molecule has 0 saturated carbocycles. The molecule has 3 nitrogen and oxygen atoms in total. The predicted molar refractivity (Wildman–Crippen MR) is 221 cm³/mol. The molecule has 0 aliphatic carbocycles. The van der Waals surface area contributed by atoms with Gasteiger partial charge in [-0.25, -0.2) is 0 Å². The zero-order chi connectivity index (χ0) is 34.2. The minimum atomic E-state index is 0.879. The number of benzene rings is 8.